The van der Waals surface area contributed by atoms with Gasteiger partial charge in [0, 0.05) is 63.7 Å². The van der Waals surface area contributed by atoms with E-state index in [1.54, 1.807) is 0 Å². The van der Waals surface area contributed by atoms with Crippen molar-refractivity contribution in [2.24, 2.45) is 0 Å². The van der Waals surface area contributed by atoms with Crippen LogP contribution in [0.2, 0.25) is 0 Å². The number of rotatable bonds is 6. The van der Waals surface area contributed by atoms with Crippen molar-refractivity contribution >= 4 is 18.1 Å². The molecule has 0 atom stereocenters. The first-order valence-electron chi connectivity index (χ1n) is 14.9. The van der Waals surface area contributed by atoms with Gasteiger partial charge >= 0.3 is 24.5 Å². The van der Waals surface area contributed by atoms with Crippen molar-refractivity contribution in [2.75, 3.05) is 39.8 Å². The van der Waals surface area contributed by atoms with Crippen LogP contribution in [0.25, 0.3) is 0 Å². The minimum atomic E-state index is -4.79. The third-order valence-electron chi connectivity index (χ3n) is 8.80. The lowest BCUT2D eigenvalue weighted by Crippen LogP contribution is -2.46. The fourth-order valence-corrected chi connectivity index (χ4v) is 6.18. The smallest absolute Gasteiger partial charge is 0.416 e. The van der Waals surface area contributed by atoms with E-state index in [1.807, 2.05) is 4.90 Å². The van der Waals surface area contributed by atoms with Gasteiger partial charge in [-0.15, -0.1) is 0 Å². The topological polar surface area (TPSA) is 91.4 Å². The quantitative estimate of drug-likeness (QED) is 0.403. The van der Waals surface area contributed by atoms with Crippen molar-refractivity contribution < 1.29 is 50.2 Å². The average Bonchev–Trinajstić information content (AvgIpc) is 3.31. The number of methoxy groups -OCH3 is 1. The summed E-state index contributed by atoms with van der Waals surface area (Å²) in [6.45, 7) is 1.79. The van der Waals surface area contributed by atoms with Crippen LogP contribution in [0.15, 0.2) is 42.5 Å². The monoisotopic (exact) mass is 656 g/mol. The highest BCUT2D eigenvalue weighted by molar-refractivity contribution is 5.94. The molecule has 5 rings (SSSR count). The zero-order valence-electron chi connectivity index (χ0n) is 25.0. The van der Waals surface area contributed by atoms with Crippen LogP contribution in [-0.4, -0.2) is 84.3 Å². The second kappa shape index (κ2) is 13.0. The Balaban J connectivity index is 1.18. The van der Waals surface area contributed by atoms with Crippen molar-refractivity contribution in [3.63, 3.8) is 0 Å². The maximum Gasteiger partial charge on any atom is 0.416 e. The van der Waals surface area contributed by atoms with Crippen LogP contribution in [0.5, 0.6) is 0 Å². The molecular weight excluding hydrogens is 622 g/mol. The molecule has 2 aromatic rings. The molecule has 3 amide bonds. The van der Waals surface area contributed by atoms with Gasteiger partial charge < -0.3 is 19.7 Å². The summed E-state index contributed by atoms with van der Waals surface area (Å²) >= 11 is 0. The molecule has 0 bridgehead atoms. The van der Waals surface area contributed by atoms with E-state index in [0.717, 1.165) is 18.2 Å². The molecule has 3 aliphatic heterocycles. The van der Waals surface area contributed by atoms with Crippen LogP contribution < -0.4 is 5.32 Å². The molecule has 0 saturated carbocycles. The van der Waals surface area contributed by atoms with Gasteiger partial charge in [-0.25, -0.2) is 9.59 Å². The highest BCUT2D eigenvalue weighted by Crippen LogP contribution is 2.38. The summed E-state index contributed by atoms with van der Waals surface area (Å²) in [5.74, 6) is -0.670. The zero-order valence-corrected chi connectivity index (χ0v) is 25.0. The Labute approximate surface area is 261 Å². The third kappa shape index (κ3) is 7.68. The normalized spacial score (nSPS) is 19.3. The van der Waals surface area contributed by atoms with E-state index in [0.29, 0.717) is 64.0 Å². The molecule has 0 radical (unpaired) electrons. The van der Waals surface area contributed by atoms with Crippen molar-refractivity contribution in [2.45, 2.75) is 62.8 Å². The van der Waals surface area contributed by atoms with Gasteiger partial charge in [-0.1, -0.05) is 18.2 Å². The molecule has 9 nitrogen and oxygen atoms in total. The Kier molecular flexibility index (Phi) is 9.43. The van der Waals surface area contributed by atoms with Crippen LogP contribution in [0.4, 0.5) is 35.9 Å². The molecule has 3 aliphatic rings. The molecule has 2 aromatic carbocycles. The van der Waals surface area contributed by atoms with Gasteiger partial charge in [-0.2, -0.15) is 26.3 Å². The van der Waals surface area contributed by atoms with Gasteiger partial charge in [0.15, 0.2) is 0 Å². The van der Waals surface area contributed by atoms with Crippen LogP contribution in [0.1, 0.15) is 58.3 Å². The predicted molar refractivity (Wildman–Crippen MR) is 151 cm³/mol. The summed E-state index contributed by atoms with van der Waals surface area (Å²) in [6.07, 6.45) is -8.73. The summed E-state index contributed by atoms with van der Waals surface area (Å²) in [6, 6.07) is 7.86. The minimum Gasteiger partial charge on any atom is -0.453 e. The number of halogens is 6. The van der Waals surface area contributed by atoms with E-state index in [2.05, 4.69) is 10.1 Å². The van der Waals surface area contributed by atoms with Crippen LogP contribution >= 0.6 is 0 Å². The third-order valence-corrected chi connectivity index (χ3v) is 8.80. The molecule has 1 spiro atoms. The van der Waals surface area contributed by atoms with Gasteiger partial charge in [-0.3, -0.25) is 14.6 Å². The lowest BCUT2D eigenvalue weighted by atomic mass is 9.91. The number of hydrogen-bond donors (Lipinski definition) is 1. The molecule has 3 fully saturated rings. The fraction of sp³-hybridized carbons (Fsp3) is 0.516. The van der Waals surface area contributed by atoms with Crippen molar-refractivity contribution in [3.8, 4) is 0 Å². The molecule has 250 valence electrons. The number of nitrogens with zero attached hydrogens (tertiary/aromatic N) is 3. The number of likely N-dealkylation sites (tertiary alicyclic amines) is 2. The second-order valence-corrected chi connectivity index (χ2v) is 12.0. The van der Waals surface area contributed by atoms with E-state index in [9.17, 15) is 40.7 Å². The van der Waals surface area contributed by atoms with Crippen molar-refractivity contribution in [3.05, 3.63) is 70.3 Å². The second-order valence-electron chi connectivity index (χ2n) is 12.0. The molecule has 3 saturated heterocycles. The number of amides is 3. The lowest BCUT2D eigenvalue weighted by Gasteiger charge is -2.37. The number of piperidine rings is 2. The van der Waals surface area contributed by atoms with Crippen LogP contribution in [0.3, 0.4) is 0 Å². The van der Waals surface area contributed by atoms with Gasteiger partial charge in [0.25, 0.3) is 5.91 Å². The van der Waals surface area contributed by atoms with Crippen LogP contribution in [0, 0.1) is 0 Å². The first-order valence-corrected chi connectivity index (χ1v) is 14.9. The first kappa shape index (κ1) is 33.4. The van der Waals surface area contributed by atoms with E-state index < -0.39 is 47.2 Å². The number of carbonyl (C=O) groups is 3. The predicted octanol–water partition coefficient (Wildman–Crippen LogP) is 5.67. The summed E-state index contributed by atoms with van der Waals surface area (Å²) in [5.41, 5.74) is -2.28. The fourth-order valence-electron chi connectivity index (χ4n) is 6.18. The molecule has 46 heavy (non-hydrogen) atoms. The van der Waals surface area contributed by atoms with Crippen molar-refractivity contribution in [1.29, 1.82) is 0 Å². The van der Waals surface area contributed by atoms with E-state index in [1.165, 1.54) is 41.2 Å². The first-order chi connectivity index (χ1) is 21.7. The van der Waals surface area contributed by atoms with E-state index >= 15 is 0 Å². The highest BCUT2D eigenvalue weighted by Gasteiger charge is 2.47. The number of carbonyl (C=O) groups excluding carboxylic acids is 3. The Hall–Kier alpha value is -4.01. The van der Waals surface area contributed by atoms with Gasteiger partial charge in [0.1, 0.15) is 5.60 Å². The molecule has 1 N–H and O–H groups in total. The van der Waals surface area contributed by atoms with E-state index in [4.69, 9.17) is 4.74 Å². The maximum atomic E-state index is 14.1. The lowest BCUT2D eigenvalue weighted by molar-refractivity contribution is -0.138. The molecule has 3 heterocycles. The summed E-state index contributed by atoms with van der Waals surface area (Å²) in [4.78, 5) is 42.1. The number of ether oxygens (including phenoxy) is 2. The van der Waals surface area contributed by atoms with Gasteiger partial charge in [-0.05, 0) is 48.2 Å². The summed E-state index contributed by atoms with van der Waals surface area (Å²) in [7, 11) is 1.27. The minimum absolute atomic E-state index is 0.0871. The molecular formula is C31H34F6N4O5. The number of alkyl halides is 6. The number of hydrogen-bond acceptors (Lipinski definition) is 6. The average molecular weight is 657 g/mol. The Morgan fingerprint density at radius 2 is 1.59 bits per heavy atom. The zero-order chi connectivity index (χ0) is 33.3. The summed E-state index contributed by atoms with van der Waals surface area (Å²) in [5, 5.41) is 2.74. The number of nitrogens with one attached hydrogen (secondary N) is 1. The Morgan fingerprint density at radius 3 is 2.17 bits per heavy atom. The maximum absolute atomic E-state index is 14.1. The Morgan fingerprint density at radius 1 is 0.935 bits per heavy atom. The standard InChI is InChI=1S/C31H34F6N4O5/c1-45-27(43)40-12-8-24(9-13-40)38-26(42)21-4-5-22(25(16-21)31(35,36)37)18-41-19-29(46-28(41)44)10-14-39(15-11-29)17-20-2-6-23(7-3-20)30(32,33)34/h2-7,16,24H,8-15,17-19H2,1H3,(H,38,42). The van der Waals surface area contributed by atoms with Crippen LogP contribution in [-0.2, 0) is 34.9 Å². The van der Waals surface area contributed by atoms with Gasteiger partial charge in [0.05, 0.1) is 24.8 Å². The number of benzene rings is 2. The SMILES string of the molecule is COC(=O)N1CCC(NC(=O)c2ccc(CN3CC4(CCN(Cc5ccc(C(F)(F)F)cc5)CC4)OC3=O)c(C(F)(F)F)c2)CC1. The molecule has 0 aliphatic carbocycles. The molecule has 0 unspecified atom stereocenters. The molecule has 0 aromatic heterocycles. The van der Waals surface area contributed by atoms with Crippen molar-refractivity contribution in [1.82, 2.24) is 20.0 Å². The highest BCUT2D eigenvalue weighted by atomic mass is 19.4. The summed E-state index contributed by atoms with van der Waals surface area (Å²) < 4.78 is 91.4. The molecule has 15 heteroatoms. The van der Waals surface area contributed by atoms with E-state index in [-0.39, 0.29) is 30.3 Å². The van der Waals surface area contributed by atoms with Gasteiger partial charge in [0.2, 0.25) is 0 Å². The Bertz CT molecular complexity index is 1430. The largest absolute Gasteiger partial charge is 0.453 e.